The lowest BCUT2D eigenvalue weighted by molar-refractivity contribution is -0.139. The second kappa shape index (κ2) is 9.23. The second-order valence-electron chi connectivity index (χ2n) is 7.49. The second-order valence-corrected chi connectivity index (χ2v) is 7.90. The Balaban J connectivity index is 1.39. The Kier molecular flexibility index (Phi) is 6.23. The van der Waals surface area contributed by atoms with E-state index in [4.69, 9.17) is 16.3 Å². The summed E-state index contributed by atoms with van der Waals surface area (Å²) in [4.78, 5) is 24.0. The summed E-state index contributed by atoms with van der Waals surface area (Å²) in [6, 6.07) is 22.3. The van der Waals surface area contributed by atoms with Crippen LogP contribution in [0.5, 0.6) is 0 Å². The van der Waals surface area contributed by atoms with Gasteiger partial charge in [0.25, 0.3) is 0 Å². The van der Waals surface area contributed by atoms with Crippen molar-refractivity contribution in [2.45, 2.75) is 24.8 Å². The number of benzene rings is 3. The highest BCUT2D eigenvalue weighted by Gasteiger charge is 2.29. The van der Waals surface area contributed by atoms with Crippen LogP contribution in [0.2, 0.25) is 5.02 Å². The number of hydrogen-bond acceptors (Lipinski definition) is 3. The van der Waals surface area contributed by atoms with Gasteiger partial charge in [0.1, 0.15) is 12.6 Å². The van der Waals surface area contributed by atoms with E-state index in [-0.39, 0.29) is 18.9 Å². The van der Waals surface area contributed by atoms with Gasteiger partial charge in [-0.2, -0.15) is 0 Å². The van der Waals surface area contributed by atoms with Crippen molar-refractivity contribution in [3.05, 3.63) is 94.5 Å². The zero-order valence-electron chi connectivity index (χ0n) is 16.8. The van der Waals surface area contributed by atoms with Crippen LogP contribution in [0.1, 0.15) is 29.0 Å². The molecule has 0 unspecified atom stereocenters. The zero-order chi connectivity index (χ0) is 21.8. The summed E-state index contributed by atoms with van der Waals surface area (Å²) in [6.45, 7) is 0.136. The van der Waals surface area contributed by atoms with E-state index in [1.54, 1.807) is 6.07 Å². The number of carbonyl (C=O) groups is 2. The van der Waals surface area contributed by atoms with Crippen LogP contribution in [-0.2, 0) is 16.0 Å². The first kappa shape index (κ1) is 20.9. The summed E-state index contributed by atoms with van der Waals surface area (Å²) in [6.07, 6.45) is -0.0998. The third kappa shape index (κ3) is 4.57. The molecule has 2 N–H and O–H groups in total. The van der Waals surface area contributed by atoms with Gasteiger partial charge in [-0.15, -0.1) is 0 Å². The van der Waals surface area contributed by atoms with Crippen LogP contribution in [0.3, 0.4) is 0 Å². The number of hydrogen-bond donors (Lipinski definition) is 2. The number of aliphatic carboxylic acids is 1. The molecule has 31 heavy (non-hydrogen) atoms. The summed E-state index contributed by atoms with van der Waals surface area (Å²) in [5.74, 6) is -1.19. The van der Waals surface area contributed by atoms with Gasteiger partial charge in [-0.25, -0.2) is 9.59 Å². The van der Waals surface area contributed by atoms with Gasteiger partial charge in [0.2, 0.25) is 0 Å². The molecule has 1 amide bonds. The Morgan fingerprint density at radius 2 is 1.52 bits per heavy atom. The molecular formula is C25H22ClNO4. The maximum atomic E-state index is 12.4. The van der Waals surface area contributed by atoms with Crippen molar-refractivity contribution in [1.29, 1.82) is 0 Å². The first-order valence-corrected chi connectivity index (χ1v) is 10.5. The highest BCUT2D eigenvalue weighted by molar-refractivity contribution is 6.31. The minimum Gasteiger partial charge on any atom is -0.480 e. The topological polar surface area (TPSA) is 75.6 Å². The number of ether oxygens (including phenoxy) is 1. The monoisotopic (exact) mass is 435 g/mol. The van der Waals surface area contributed by atoms with E-state index in [0.29, 0.717) is 11.4 Å². The number of carboxylic acid groups (broad SMARTS) is 1. The van der Waals surface area contributed by atoms with Crippen molar-refractivity contribution in [2.24, 2.45) is 0 Å². The van der Waals surface area contributed by atoms with E-state index in [9.17, 15) is 14.7 Å². The quantitative estimate of drug-likeness (QED) is 0.530. The van der Waals surface area contributed by atoms with E-state index in [2.05, 4.69) is 17.4 Å². The molecule has 3 aromatic carbocycles. The maximum Gasteiger partial charge on any atom is 0.407 e. The van der Waals surface area contributed by atoms with Crippen LogP contribution in [0.15, 0.2) is 72.8 Å². The van der Waals surface area contributed by atoms with Gasteiger partial charge >= 0.3 is 12.1 Å². The smallest absolute Gasteiger partial charge is 0.407 e. The fourth-order valence-electron chi connectivity index (χ4n) is 4.04. The lowest BCUT2D eigenvalue weighted by Gasteiger charge is -2.17. The fraction of sp³-hybridized carbons (Fsp3) is 0.200. The highest BCUT2D eigenvalue weighted by atomic mass is 35.5. The molecule has 5 nitrogen and oxygen atoms in total. The summed E-state index contributed by atoms with van der Waals surface area (Å²) in [5.41, 5.74) is 5.31. The molecule has 1 atom stereocenters. The standard InChI is InChI=1S/C25H22ClNO4/c26-22-12-6-1-7-16(22)13-14-23(24(28)29)27-25(30)31-15-21-19-10-4-2-8-17(19)18-9-3-5-11-20(18)21/h1-12,21,23H,13-15H2,(H,27,30)(H,28,29)/t23-/m0/s1. The number of amides is 1. The Bertz CT molecular complexity index is 1070. The molecule has 6 heteroatoms. The van der Waals surface area contributed by atoms with Crippen molar-refractivity contribution in [2.75, 3.05) is 6.61 Å². The van der Waals surface area contributed by atoms with E-state index in [0.717, 1.165) is 27.8 Å². The lowest BCUT2D eigenvalue weighted by Crippen LogP contribution is -2.41. The van der Waals surface area contributed by atoms with Gasteiger partial charge in [-0.1, -0.05) is 78.3 Å². The summed E-state index contributed by atoms with van der Waals surface area (Å²) in [5, 5.41) is 12.6. The van der Waals surface area contributed by atoms with E-state index in [1.165, 1.54) is 0 Å². The molecule has 0 aromatic heterocycles. The average molecular weight is 436 g/mol. The number of fused-ring (bicyclic) bond motifs is 3. The molecule has 0 fully saturated rings. The first-order chi connectivity index (χ1) is 15.0. The molecule has 4 rings (SSSR count). The number of rotatable bonds is 7. The Morgan fingerprint density at radius 3 is 2.13 bits per heavy atom. The largest absolute Gasteiger partial charge is 0.480 e. The molecule has 0 bridgehead atoms. The number of halogens is 1. The van der Waals surface area contributed by atoms with Crippen LogP contribution in [0, 0.1) is 0 Å². The predicted molar refractivity (Wildman–Crippen MR) is 119 cm³/mol. The van der Waals surface area contributed by atoms with Crippen molar-refractivity contribution in [1.82, 2.24) is 5.32 Å². The fourth-order valence-corrected chi connectivity index (χ4v) is 4.27. The molecule has 158 valence electrons. The van der Waals surface area contributed by atoms with Crippen molar-refractivity contribution >= 4 is 23.7 Å². The van der Waals surface area contributed by atoms with Crippen LogP contribution in [0.4, 0.5) is 4.79 Å². The summed E-state index contributed by atoms with van der Waals surface area (Å²) in [7, 11) is 0. The highest BCUT2D eigenvalue weighted by Crippen LogP contribution is 2.44. The van der Waals surface area contributed by atoms with Crippen molar-refractivity contribution in [3.8, 4) is 11.1 Å². The van der Waals surface area contributed by atoms with Gasteiger partial charge < -0.3 is 15.2 Å². The third-order valence-electron chi connectivity index (χ3n) is 5.59. The molecular weight excluding hydrogens is 414 g/mol. The average Bonchev–Trinajstić information content (AvgIpc) is 3.10. The number of nitrogens with one attached hydrogen (secondary N) is 1. The molecule has 3 aromatic rings. The van der Waals surface area contributed by atoms with Gasteiger partial charge in [-0.05, 0) is 46.7 Å². The molecule has 0 saturated heterocycles. The predicted octanol–water partition coefficient (Wildman–Crippen LogP) is 5.26. The van der Waals surface area contributed by atoms with Gasteiger partial charge in [0, 0.05) is 10.9 Å². The van der Waals surface area contributed by atoms with Crippen LogP contribution in [-0.4, -0.2) is 29.8 Å². The van der Waals surface area contributed by atoms with Crippen LogP contribution >= 0.6 is 11.6 Å². The number of carbonyl (C=O) groups excluding carboxylic acids is 1. The SMILES string of the molecule is O=C(N[C@@H](CCc1ccccc1Cl)C(=O)O)OCC1c2ccccc2-c2ccccc21. The zero-order valence-corrected chi connectivity index (χ0v) is 17.5. The number of alkyl carbamates (subject to hydrolysis) is 1. The maximum absolute atomic E-state index is 12.4. The van der Waals surface area contributed by atoms with Crippen LogP contribution in [0.25, 0.3) is 11.1 Å². The van der Waals surface area contributed by atoms with E-state index >= 15 is 0 Å². The third-order valence-corrected chi connectivity index (χ3v) is 5.96. The molecule has 0 aliphatic heterocycles. The Morgan fingerprint density at radius 1 is 0.935 bits per heavy atom. The molecule has 0 spiro atoms. The number of aryl methyl sites for hydroxylation is 1. The van der Waals surface area contributed by atoms with Crippen molar-refractivity contribution < 1.29 is 19.4 Å². The summed E-state index contributed by atoms with van der Waals surface area (Å²) < 4.78 is 5.46. The Hall–Kier alpha value is -3.31. The minimum atomic E-state index is -1.11. The van der Waals surface area contributed by atoms with E-state index < -0.39 is 18.1 Å². The first-order valence-electron chi connectivity index (χ1n) is 10.1. The van der Waals surface area contributed by atoms with Gasteiger partial charge in [0.15, 0.2) is 0 Å². The molecule has 0 heterocycles. The Labute approximate surface area is 185 Å². The van der Waals surface area contributed by atoms with Gasteiger partial charge in [-0.3, -0.25) is 0 Å². The van der Waals surface area contributed by atoms with E-state index in [1.807, 2.05) is 54.6 Å². The lowest BCUT2D eigenvalue weighted by atomic mass is 9.98. The molecule has 1 aliphatic carbocycles. The van der Waals surface area contributed by atoms with Gasteiger partial charge in [0.05, 0.1) is 0 Å². The molecule has 1 aliphatic rings. The van der Waals surface area contributed by atoms with Crippen molar-refractivity contribution in [3.63, 3.8) is 0 Å². The number of carboxylic acids is 1. The molecule has 0 radical (unpaired) electrons. The van der Waals surface area contributed by atoms with Crippen LogP contribution < -0.4 is 5.32 Å². The molecule has 0 saturated carbocycles. The minimum absolute atomic E-state index is 0.0791. The normalized spacial score (nSPS) is 13.2. The summed E-state index contributed by atoms with van der Waals surface area (Å²) >= 11 is 6.14.